The van der Waals surface area contributed by atoms with Crippen LogP contribution in [0.3, 0.4) is 0 Å². The van der Waals surface area contributed by atoms with E-state index in [1.165, 1.54) is 0 Å². The lowest BCUT2D eigenvalue weighted by Crippen LogP contribution is -2.12. The van der Waals surface area contributed by atoms with Crippen LogP contribution in [0.2, 0.25) is 0 Å². The third-order valence-corrected chi connectivity index (χ3v) is 2.74. The molecule has 0 saturated heterocycles. The Morgan fingerprint density at radius 2 is 1.81 bits per heavy atom. The van der Waals surface area contributed by atoms with Gasteiger partial charge in [-0.1, -0.05) is 26.8 Å². The van der Waals surface area contributed by atoms with E-state index in [4.69, 9.17) is 10.5 Å². The Labute approximate surface area is 98.8 Å². The minimum atomic E-state index is 0.308. The summed E-state index contributed by atoms with van der Waals surface area (Å²) >= 11 is 0. The highest BCUT2D eigenvalue weighted by atomic mass is 16.5. The van der Waals surface area contributed by atoms with Crippen LogP contribution >= 0.6 is 0 Å². The van der Waals surface area contributed by atoms with Crippen LogP contribution in [0.4, 0.5) is 5.69 Å². The van der Waals surface area contributed by atoms with Crippen LogP contribution in [-0.4, -0.2) is 6.61 Å². The molecule has 2 nitrogen and oxygen atoms in total. The van der Waals surface area contributed by atoms with Gasteiger partial charge < -0.3 is 10.5 Å². The maximum absolute atomic E-state index is 5.87. The van der Waals surface area contributed by atoms with Crippen LogP contribution in [0.1, 0.15) is 38.3 Å². The molecule has 0 bridgehead atoms. The lowest BCUT2D eigenvalue weighted by atomic mass is 9.93. The van der Waals surface area contributed by atoms with Crippen molar-refractivity contribution in [2.24, 2.45) is 5.41 Å². The SMILES string of the molecule is Cc1ccc(N)c(C)c1OCCC(C)(C)C. The largest absolute Gasteiger partial charge is 0.493 e. The molecule has 0 aliphatic rings. The Morgan fingerprint density at radius 3 is 2.38 bits per heavy atom. The number of hydrogen-bond acceptors (Lipinski definition) is 2. The van der Waals surface area contributed by atoms with Gasteiger partial charge in [0, 0.05) is 11.3 Å². The summed E-state index contributed by atoms with van der Waals surface area (Å²) < 4.78 is 5.84. The number of nitrogen functional groups attached to an aromatic ring is 1. The summed E-state index contributed by atoms with van der Waals surface area (Å²) in [6, 6.07) is 3.94. The van der Waals surface area contributed by atoms with Gasteiger partial charge in [0.05, 0.1) is 6.61 Å². The maximum Gasteiger partial charge on any atom is 0.127 e. The van der Waals surface area contributed by atoms with E-state index in [0.29, 0.717) is 5.41 Å². The molecule has 0 aliphatic heterocycles. The molecule has 1 rings (SSSR count). The van der Waals surface area contributed by atoms with E-state index >= 15 is 0 Å². The van der Waals surface area contributed by atoms with Crippen molar-refractivity contribution in [1.82, 2.24) is 0 Å². The standard InChI is InChI=1S/C14H23NO/c1-10-6-7-12(15)11(2)13(10)16-9-8-14(3,4)5/h6-7H,8-9,15H2,1-5H3. The van der Waals surface area contributed by atoms with E-state index in [0.717, 1.165) is 35.6 Å². The minimum absolute atomic E-state index is 0.308. The highest BCUT2D eigenvalue weighted by Crippen LogP contribution is 2.28. The van der Waals surface area contributed by atoms with Crippen molar-refractivity contribution >= 4 is 5.69 Å². The molecule has 0 radical (unpaired) electrons. The molecule has 0 amide bonds. The van der Waals surface area contributed by atoms with Crippen molar-refractivity contribution in [2.45, 2.75) is 41.0 Å². The van der Waals surface area contributed by atoms with Gasteiger partial charge in [0.1, 0.15) is 5.75 Å². The van der Waals surface area contributed by atoms with Crippen molar-refractivity contribution in [3.8, 4) is 5.75 Å². The molecule has 0 heterocycles. The van der Waals surface area contributed by atoms with E-state index in [1.807, 2.05) is 19.1 Å². The number of ether oxygens (including phenoxy) is 1. The second-order valence-corrected chi connectivity index (χ2v) is 5.58. The number of rotatable bonds is 3. The fourth-order valence-electron chi connectivity index (χ4n) is 1.52. The summed E-state index contributed by atoms with van der Waals surface area (Å²) in [5.41, 5.74) is 9.18. The average Bonchev–Trinajstić information content (AvgIpc) is 2.16. The van der Waals surface area contributed by atoms with Crippen LogP contribution < -0.4 is 10.5 Å². The molecule has 0 unspecified atom stereocenters. The molecule has 16 heavy (non-hydrogen) atoms. The highest BCUT2D eigenvalue weighted by Gasteiger charge is 2.12. The van der Waals surface area contributed by atoms with E-state index in [-0.39, 0.29) is 0 Å². The smallest absolute Gasteiger partial charge is 0.127 e. The van der Waals surface area contributed by atoms with Gasteiger partial charge in [0.25, 0.3) is 0 Å². The fraction of sp³-hybridized carbons (Fsp3) is 0.571. The zero-order valence-electron chi connectivity index (χ0n) is 11.1. The average molecular weight is 221 g/mol. The van der Waals surface area contributed by atoms with Gasteiger partial charge in [-0.2, -0.15) is 0 Å². The number of nitrogens with two attached hydrogens (primary N) is 1. The number of anilines is 1. The lowest BCUT2D eigenvalue weighted by molar-refractivity contribution is 0.241. The fourth-order valence-corrected chi connectivity index (χ4v) is 1.52. The normalized spacial score (nSPS) is 11.6. The third kappa shape index (κ3) is 3.44. The predicted octanol–water partition coefficient (Wildman–Crippen LogP) is 3.70. The zero-order valence-corrected chi connectivity index (χ0v) is 11.1. The third-order valence-electron chi connectivity index (χ3n) is 2.74. The predicted molar refractivity (Wildman–Crippen MR) is 69.9 cm³/mol. The quantitative estimate of drug-likeness (QED) is 0.790. The second kappa shape index (κ2) is 4.77. The molecule has 0 spiro atoms. The highest BCUT2D eigenvalue weighted by molar-refractivity contribution is 5.56. The van der Waals surface area contributed by atoms with Crippen LogP contribution in [-0.2, 0) is 0 Å². The van der Waals surface area contributed by atoms with E-state index < -0.39 is 0 Å². The van der Waals surface area contributed by atoms with E-state index in [9.17, 15) is 0 Å². The molecule has 0 aromatic heterocycles. The first kappa shape index (κ1) is 12.9. The first-order chi connectivity index (χ1) is 7.31. The Bertz CT molecular complexity index is 364. The zero-order chi connectivity index (χ0) is 12.3. The van der Waals surface area contributed by atoms with Gasteiger partial charge in [0.15, 0.2) is 0 Å². The van der Waals surface area contributed by atoms with E-state index in [1.54, 1.807) is 0 Å². The van der Waals surface area contributed by atoms with Gasteiger partial charge in [-0.15, -0.1) is 0 Å². The number of aryl methyl sites for hydroxylation is 1. The Balaban J connectivity index is 2.71. The monoisotopic (exact) mass is 221 g/mol. The van der Waals surface area contributed by atoms with Gasteiger partial charge in [-0.25, -0.2) is 0 Å². The minimum Gasteiger partial charge on any atom is -0.493 e. The Hall–Kier alpha value is -1.18. The first-order valence-corrected chi connectivity index (χ1v) is 5.80. The van der Waals surface area contributed by atoms with Crippen LogP contribution in [0.15, 0.2) is 12.1 Å². The molecule has 0 fully saturated rings. The van der Waals surface area contributed by atoms with Gasteiger partial charge in [-0.05, 0) is 37.3 Å². The first-order valence-electron chi connectivity index (χ1n) is 5.80. The molecular formula is C14H23NO. The summed E-state index contributed by atoms with van der Waals surface area (Å²) in [6.45, 7) is 11.5. The molecular weight excluding hydrogens is 198 g/mol. The molecule has 2 N–H and O–H groups in total. The van der Waals surface area contributed by atoms with E-state index in [2.05, 4.69) is 27.7 Å². The summed E-state index contributed by atoms with van der Waals surface area (Å²) in [5, 5.41) is 0. The molecule has 2 heteroatoms. The summed E-state index contributed by atoms with van der Waals surface area (Å²) in [4.78, 5) is 0. The molecule has 0 atom stereocenters. The molecule has 0 aliphatic carbocycles. The Morgan fingerprint density at radius 1 is 1.19 bits per heavy atom. The molecule has 0 saturated carbocycles. The van der Waals surface area contributed by atoms with Gasteiger partial charge in [-0.3, -0.25) is 0 Å². The van der Waals surface area contributed by atoms with Crippen molar-refractivity contribution in [3.05, 3.63) is 23.3 Å². The van der Waals surface area contributed by atoms with Gasteiger partial charge >= 0.3 is 0 Å². The number of benzene rings is 1. The van der Waals surface area contributed by atoms with Crippen molar-refractivity contribution < 1.29 is 4.74 Å². The summed E-state index contributed by atoms with van der Waals surface area (Å²) in [6.07, 6.45) is 1.04. The molecule has 90 valence electrons. The summed E-state index contributed by atoms with van der Waals surface area (Å²) in [7, 11) is 0. The molecule has 1 aromatic rings. The van der Waals surface area contributed by atoms with Gasteiger partial charge in [0.2, 0.25) is 0 Å². The molecule has 1 aromatic carbocycles. The summed E-state index contributed by atoms with van der Waals surface area (Å²) in [5.74, 6) is 0.948. The van der Waals surface area contributed by atoms with Crippen LogP contribution in [0.5, 0.6) is 5.75 Å². The van der Waals surface area contributed by atoms with Crippen LogP contribution in [0, 0.1) is 19.3 Å². The lowest BCUT2D eigenvalue weighted by Gasteiger charge is -2.20. The van der Waals surface area contributed by atoms with Crippen molar-refractivity contribution in [1.29, 1.82) is 0 Å². The van der Waals surface area contributed by atoms with Crippen molar-refractivity contribution in [2.75, 3.05) is 12.3 Å². The van der Waals surface area contributed by atoms with Crippen molar-refractivity contribution in [3.63, 3.8) is 0 Å². The topological polar surface area (TPSA) is 35.2 Å². The second-order valence-electron chi connectivity index (χ2n) is 5.58. The Kier molecular flexibility index (Phi) is 3.84. The van der Waals surface area contributed by atoms with Crippen LogP contribution in [0.25, 0.3) is 0 Å². The maximum atomic E-state index is 5.87. The number of hydrogen-bond donors (Lipinski definition) is 1.